The first-order valence-electron chi connectivity index (χ1n) is 11.1. The van der Waals surface area contributed by atoms with Crippen LogP contribution in [-0.4, -0.2) is 28.7 Å². The van der Waals surface area contributed by atoms with Gasteiger partial charge in [0.25, 0.3) is 5.56 Å². The van der Waals surface area contributed by atoms with E-state index < -0.39 is 12.0 Å². The summed E-state index contributed by atoms with van der Waals surface area (Å²) >= 11 is 7.60. The molecule has 180 valence electrons. The van der Waals surface area contributed by atoms with E-state index in [0.717, 1.165) is 23.2 Å². The second-order valence-corrected chi connectivity index (χ2v) is 9.84. The third-order valence-corrected chi connectivity index (χ3v) is 6.74. The highest BCUT2D eigenvalue weighted by molar-refractivity contribution is 7.07. The van der Waals surface area contributed by atoms with E-state index in [-0.39, 0.29) is 17.6 Å². The van der Waals surface area contributed by atoms with E-state index in [2.05, 4.69) is 11.6 Å². The first kappa shape index (κ1) is 25.7. The Morgan fingerprint density at radius 2 is 2.00 bits per heavy atom. The van der Waals surface area contributed by atoms with E-state index >= 15 is 0 Å². The summed E-state index contributed by atoms with van der Waals surface area (Å²) in [4.78, 5) is 30.1. The largest absolute Gasteiger partial charge is 0.489 e. The van der Waals surface area contributed by atoms with Crippen molar-refractivity contribution in [3.05, 3.63) is 66.7 Å². The van der Waals surface area contributed by atoms with Crippen molar-refractivity contribution in [2.75, 3.05) is 7.11 Å². The maximum Gasteiger partial charge on any atom is 0.329 e. The second-order valence-electron chi connectivity index (χ2n) is 8.32. The van der Waals surface area contributed by atoms with Crippen LogP contribution >= 0.6 is 22.9 Å². The zero-order chi connectivity index (χ0) is 25.0. The lowest BCUT2D eigenvalue weighted by atomic mass is 9.99. The zero-order valence-electron chi connectivity index (χ0n) is 20.0. The highest BCUT2D eigenvalue weighted by Crippen LogP contribution is 2.30. The van der Waals surface area contributed by atoms with Crippen LogP contribution < -0.4 is 19.5 Å². The lowest BCUT2D eigenvalue weighted by molar-refractivity contribution is -0.146. The summed E-state index contributed by atoms with van der Waals surface area (Å²) in [5.74, 6) is 0.115. The second kappa shape index (κ2) is 11.0. The van der Waals surface area contributed by atoms with Gasteiger partial charge in [-0.25, -0.2) is 4.79 Å². The number of halogens is 1. The SMILES string of the molecule is C=c1sc(=Cc2ccc(-c3ccc(OC(C)C)c(Cl)c3)nc2)c(=O)n1C(C(=O)OC)C(C)CC. The van der Waals surface area contributed by atoms with Gasteiger partial charge in [0.2, 0.25) is 0 Å². The Balaban J connectivity index is 1.94. The van der Waals surface area contributed by atoms with Crippen LogP contribution in [0.1, 0.15) is 45.7 Å². The molecule has 0 saturated carbocycles. The molecule has 6 nitrogen and oxygen atoms in total. The number of benzene rings is 1. The molecule has 2 atom stereocenters. The van der Waals surface area contributed by atoms with Crippen molar-refractivity contribution in [2.45, 2.75) is 46.3 Å². The van der Waals surface area contributed by atoms with E-state index in [4.69, 9.17) is 21.1 Å². The fourth-order valence-electron chi connectivity index (χ4n) is 3.58. The van der Waals surface area contributed by atoms with Crippen LogP contribution in [0, 0.1) is 5.92 Å². The molecule has 0 spiro atoms. The van der Waals surface area contributed by atoms with Crippen molar-refractivity contribution in [2.24, 2.45) is 5.92 Å². The van der Waals surface area contributed by atoms with Crippen molar-refractivity contribution >= 4 is 41.6 Å². The minimum atomic E-state index is -0.707. The van der Waals surface area contributed by atoms with Crippen molar-refractivity contribution in [1.29, 1.82) is 0 Å². The summed E-state index contributed by atoms with van der Waals surface area (Å²) in [5.41, 5.74) is 2.11. The molecule has 0 aliphatic carbocycles. The molecular formula is C26H29ClN2O4S. The number of carbonyl (C=O) groups excluding carboxylic acids is 1. The number of pyridine rings is 1. The smallest absolute Gasteiger partial charge is 0.329 e. The van der Waals surface area contributed by atoms with E-state index in [1.165, 1.54) is 23.0 Å². The monoisotopic (exact) mass is 500 g/mol. The van der Waals surface area contributed by atoms with E-state index in [9.17, 15) is 9.59 Å². The molecule has 2 heterocycles. The Morgan fingerprint density at radius 3 is 2.56 bits per heavy atom. The van der Waals surface area contributed by atoms with Crippen LogP contribution in [0.15, 0.2) is 41.3 Å². The molecule has 8 heteroatoms. The summed E-state index contributed by atoms with van der Waals surface area (Å²) in [6.07, 6.45) is 4.21. The summed E-state index contributed by atoms with van der Waals surface area (Å²) in [5, 5.41) is 0.521. The first-order valence-corrected chi connectivity index (χ1v) is 12.3. The quantitative estimate of drug-likeness (QED) is 0.428. The lowest BCUT2D eigenvalue weighted by Crippen LogP contribution is -2.40. The fourth-order valence-corrected chi connectivity index (χ4v) is 4.74. The van der Waals surface area contributed by atoms with E-state index in [1.807, 2.05) is 58.0 Å². The molecule has 0 fully saturated rings. The maximum atomic E-state index is 13.2. The van der Waals surface area contributed by atoms with Crippen molar-refractivity contribution in [3.63, 3.8) is 0 Å². The summed E-state index contributed by atoms with van der Waals surface area (Å²) < 4.78 is 13.1. The molecule has 0 saturated heterocycles. The third kappa shape index (κ3) is 5.59. The number of thiazole rings is 1. The van der Waals surface area contributed by atoms with Crippen LogP contribution in [0.25, 0.3) is 23.9 Å². The van der Waals surface area contributed by atoms with Gasteiger partial charge in [0.05, 0.1) is 33.1 Å². The molecule has 3 aromatic rings. The number of aromatic nitrogens is 2. The zero-order valence-corrected chi connectivity index (χ0v) is 21.6. The summed E-state index contributed by atoms with van der Waals surface area (Å²) in [6.45, 7) is 11.8. The fraction of sp³-hybridized carbons (Fsp3) is 0.346. The Bertz CT molecular complexity index is 1330. The normalized spacial score (nSPS) is 13.7. The van der Waals surface area contributed by atoms with Crippen LogP contribution in [0.3, 0.4) is 0 Å². The van der Waals surface area contributed by atoms with Crippen LogP contribution in [0.4, 0.5) is 0 Å². The van der Waals surface area contributed by atoms with Gasteiger partial charge in [0.1, 0.15) is 11.8 Å². The predicted molar refractivity (Wildman–Crippen MR) is 138 cm³/mol. The molecule has 2 aromatic heterocycles. The van der Waals surface area contributed by atoms with Crippen molar-refractivity contribution in [3.8, 4) is 17.0 Å². The summed E-state index contributed by atoms with van der Waals surface area (Å²) in [7, 11) is 1.33. The molecule has 2 unspecified atom stereocenters. The van der Waals surface area contributed by atoms with E-state index in [1.54, 1.807) is 12.3 Å². The number of ether oxygens (including phenoxy) is 2. The molecule has 0 radical (unpaired) electrons. The molecule has 34 heavy (non-hydrogen) atoms. The average molecular weight is 501 g/mol. The van der Waals surface area contributed by atoms with Gasteiger partial charge in [0, 0.05) is 11.8 Å². The van der Waals surface area contributed by atoms with Gasteiger partial charge in [0.15, 0.2) is 0 Å². The molecule has 1 aromatic carbocycles. The molecular weight excluding hydrogens is 472 g/mol. The van der Waals surface area contributed by atoms with Gasteiger partial charge in [-0.15, -0.1) is 11.3 Å². The number of methoxy groups -OCH3 is 1. The molecule has 0 aliphatic heterocycles. The third-order valence-electron chi connectivity index (χ3n) is 5.50. The van der Waals surface area contributed by atoms with Gasteiger partial charge in [-0.1, -0.05) is 44.5 Å². The van der Waals surface area contributed by atoms with Crippen molar-refractivity contribution < 1.29 is 14.3 Å². The van der Waals surface area contributed by atoms with E-state index in [0.29, 0.717) is 20.0 Å². The number of carbonyl (C=O) groups is 1. The van der Waals surface area contributed by atoms with Gasteiger partial charge >= 0.3 is 5.97 Å². The Morgan fingerprint density at radius 1 is 1.26 bits per heavy atom. The Labute approximate surface area is 208 Å². The number of nitrogens with zero attached hydrogens (tertiary/aromatic N) is 2. The predicted octanol–water partition coefficient (Wildman–Crippen LogP) is 4.41. The molecule has 0 bridgehead atoms. The first-order chi connectivity index (χ1) is 16.2. The van der Waals surface area contributed by atoms with Gasteiger partial charge in [-0.05, 0) is 55.7 Å². The minimum absolute atomic E-state index is 0.0325. The van der Waals surface area contributed by atoms with Crippen molar-refractivity contribution in [1.82, 2.24) is 9.55 Å². The molecule has 0 aliphatic rings. The average Bonchev–Trinajstić information content (AvgIpc) is 3.08. The molecule has 3 rings (SSSR count). The number of rotatable bonds is 8. The summed E-state index contributed by atoms with van der Waals surface area (Å²) in [6, 6.07) is 8.60. The van der Waals surface area contributed by atoms with Crippen LogP contribution in [0.5, 0.6) is 5.75 Å². The minimum Gasteiger partial charge on any atom is -0.489 e. The van der Waals surface area contributed by atoms with Crippen LogP contribution in [0.2, 0.25) is 5.02 Å². The highest BCUT2D eigenvalue weighted by Gasteiger charge is 2.29. The maximum absolute atomic E-state index is 13.2. The Hall–Kier alpha value is -2.90. The van der Waals surface area contributed by atoms with Gasteiger partial charge < -0.3 is 9.47 Å². The topological polar surface area (TPSA) is 70.4 Å². The molecule has 0 N–H and O–H groups in total. The van der Waals surface area contributed by atoms with Crippen LogP contribution in [-0.2, 0) is 9.53 Å². The Kier molecular flexibility index (Phi) is 8.33. The number of esters is 1. The van der Waals surface area contributed by atoms with Gasteiger partial charge in [-0.3, -0.25) is 14.3 Å². The molecule has 0 amide bonds. The highest BCUT2D eigenvalue weighted by atomic mass is 35.5. The lowest BCUT2D eigenvalue weighted by Gasteiger charge is -2.21. The number of hydrogen-bond acceptors (Lipinski definition) is 6. The number of hydrogen-bond donors (Lipinski definition) is 0. The standard InChI is InChI=1S/C26H29ClN2O4S/c1-7-16(4)24(26(31)32-6)29-17(5)34-23(25(29)30)12-18-8-10-21(28-14-18)19-9-11-22(20(27)13-19)33-15(2)3/h8-16,24H,5,7H2,1-4,6H3. The van der Waals surface area contributed by atoms with Gasteiger partial charge in [-0.2, -0.15) is 0 Å².